The van der Waals surface area contributed by atoms with Crippen LogP contribution in [0.3, 0.4) is 0 Å². The number of benzene rings is 2. The fourth-order valence-corrected chi connectivity index (χ4v) is 10.8. The van der Waals surface area contributed by atoms with Gasteiger partial charge in [-0.2, -0.15) is 0 Å². The number of fused-ring (bicyclic) bond motifs is 3. The summed E-state index contributed by atoms with van der Waals surface area (Å²) in [6, 6.07) is 17.1. The minimum atomic E-state index is -0.945. The summed E-state index contributed by atoms with van der Waals surface area (Å²) in [6.07, 6.45) is 1.45. The third kappa shape index (κ3) is 9.91. The molecule has 1 fully saturated rings. The number of hydrogen-bond donors (Lipinski definition) is 3. The van der Waals surface area contributed by atoms with E-state index >= 15 is 0 Å². The normalized spacial score (nSPS) is 17.6. The Morgan fingerprint density at radius 3 is 2.24 bits per heavy atom. The Kier molecular flexibility index (Phi) is 13.9. The fraction of sp³-hybridized carbons (Fsp3) is 0.392. The lowest BCUT2D eigenvalue weighted by Crippen LogP contribution is -2.57. The number of amides is 3. The van der Waals surface area contributed by atoms with Gasteiger partial charge in [0.1, 0.15) is 29.0 Å². The van der Waals surface area contributed by atoms with E-state index in [0.29, 0.717) is 23.8 Å². The number of thiophene rings is 1. The van der Waals surface area contributed by atoms with Crippen LogP contribution in [0.4, 0.5) is 0 Å². The Hall–Kier alpha value is -6.43. The molecule has 0 unspecified atom stereocenters. The number of rotatable bonds is 13. The number of aromatic nitrogens is 5. The molecule has 3 amide bonds. The Balaban J connectivity index is 0.905. The molecular formula is C51H57N9O6S2. The van der Waals surface area contributed by atoms with Crippen molar-refractivity contribution in [2.45, 2.75) is 111 Å². The molecule has 3 N–H and O–H groups in total. The number of pyridine rings is 1. The lowest BCUT2D eigenvalue weighted by molar-refractivity contribution is -0.144. The van der Waals surface area contributed by atoms with Gasteiger partial charge < -0.3 is 25.4 Å². The molecule has 68 heavy (non-hydrogen) atoms. The van der Waals surface area contributed by atoms with Gasteiger partial charge in [0.15, 0.2) is 5.82 Å². The second-order valence-electron chi connectivity index (χ2n) is 18.7. The number of β-amino-alcohol motifs (C(OH)–C–C–N with tert-alkyl or cyclic N) is 1. The first-order valence-electron chi connectivity index (χ1n) is 22.7. The van der Waals surface area contributed by atoms with Crippen molar-refractivity contribution < 1.29 is 29.0 Å². The van der Waals surface area contributed by atoms with Crippen molar-refractivity contribution in [3.8, 4) is 26.6 Å². The highest BCUT2D eigenvalue weighted by Crippen LogP contribution is 2.40. The topological polar surface area (TPSA) is 194 Å². The minimum Gasteiger partial charge on any atom is -0.469 e. The fourth-order valence-electron chi connectivity index (χ4n) is 8.82. The molecule has 2 aliphatic rings. The van der Waals surface area contributed by atoms with Crippen LogP contribution in [0.25, 0.3) is 26.6 Å². The summed E-state index contributed by atoms with van der Waals surface area (Å²) in [7, 11) is 1.37. The maximum atomic E-state index is 14.3. The molecule has 0 saturated carbocycles. The number of aryl methyl sites for hydroxylation is 4. The predicted octanol–water partition coefficient (Wildman–Crippen LogP) is 7.51. The summed E-state index contributed by atoms with van der Waals surface area (Å²) in [5.74, 6) is -0.180. The van der Waals surface area contributed by atoms with Crippen molar-refractivity contribution in [2.24, 2.45) is 10.4 Å². The highest BCUT2D eigenvalue weighted by molar-refractivity contribution is 7.15. The average molecular weight is 956 g/mol. The number of aliphatic imine (C=N–C) groups is 1. The van der Waals surface area contributed by atoms with E-state index in [4.69, 9.17) is 9.73 Å². The molecule has 4 aromatic heterocycles. The lowest BCUT2D eigenvalue weighted by Gasteiger charge is -2.35. The molecular weight excluding hydrogens is 899 g/mol. The van der Waals surface area contributed by atoms with Crippen LogP contribution >= 0.6 is 22.7 Å². The van der Waals surface area contributed by atoms with Gasteiger partial charge in [0, 0.05) is 52.8 Å². The Morgan fingerprint density at radius 2 is 1.59 bits per heavy atom. The minimum absolute atomic E-state index is 0.0128. The van der Waals surface area contributed by atoms with E-state index in [1.165, 1.54) is 12.0 Å². The van der Waals surface area contributed by atoms with E-state index < -0.39 is 35.6 Å². The third-order valence-corrected chi connectivity index (χ3v) is 15.0. The van der Waals surface area contributed by atoms with Gasteiger partial charge in [-0.3, -0.25) is 33.7 Å². The monoisotopic (exact) mass is 955 g/mol. The summed E-state index contributed by atoms with van der Waals surface area (Å²) in [5.41, 5.74) is 10.3. The van der Waals surface area contributed by atoms with E-state index in [-0.39, 0.29) is 49.6 Å². The first-order valence-corrected chi connectivity index (χ1v) is 24.4. The highest BCUT2D eigenvalue weighted by Gasteiger charge is 2.45. The largest absolute Gasteiger partial charge is 0.469 e. The number of carbonyl (C=O) groups is 4. The number of ether oxygens (including phenoxy) is 1. The van der Waals surface area contributed by atoms with Gasteiger partial charge in [-0.15, -0.1) is 32.9 Å². The van der Waals surface area contributed by atoms with E-state index in [1.807, 2.05) is 112 Å². The average Bonchev–Trinajstić information content (AvgIpc) is 4.09. The van der Waals surface area contributed by atoms with Gasteiger partial charge in [-0.05, 0) is 74.8 Å². The number of thiazole rings is 1. The molecule has 0 aliphatic carbocycles. The van der Waals surface area contributed by atoms with Gasteiger partial charge in [-0.1, -0.05) is 75.4 Å². The predicted molar refractivity (Wildman–Crippen MR) is 263 cm³/mol. The summed E-state index contributed by atoms with van der Waals surface area (Å²) in [4.78, 5) is 71.9. The zero-order valence-electron chi connectivity index (χ0n) is 39.8. The van der Waals surface area contributed by atoms with Crippen LogP contribution in [0.15, 0.2) is 77.4 Å². The van der Waals surface area contributed by atoms with Crippen molar-refractivity contribution in [2.75, 3.05) is 13.7 Å². The zero-order valence-corrected chi connectivity index (χ0v) is 41.4. The number of nitrogens with zero attached hydrogens (tertiary/aromatic N) is 7. The smallest absolute Gasteiger partial charge is 0.308 e. The van der Waals surface area contributed by atoms with E-state index in [9.17, 15) is 24.3 Å². The third-order valence-electron chi connectivity index (χ3n) is 12.8. The van der Waals surface area contributed by atoms with Crippen molar-refractivity contribution >= 4 is 52.1 Å². The molecule has 5 atom stereocenters. The molecule has 15 nitrogen and oxygen atoms in total. The number of methoxy groups -OCH3 is 1. The molecule has 2 aliphatic heterocycles. The Labute approximate surface area is 404 Å². The number of carbonyl (C=O) groups excluding carboxylic acids is 4. The summed E-state index contributed by atoms with van der Waals surface area (Å²) in [6.45, 7) is 15.5. The molecule has 8 rings (SSSR count). The van der Waals surface area contributed by atoms with Crippen LogP contribution < -0.4 is 10.6 Å². The first-order chi connectivity index (χ1) is 32.4. The van der Waals surface area contributed by atoms with Crippen LogP contribution in [0.5, 0.6) is 0 Å². The Morgan fingerprint density at radius 1 is 0.897 bits per heavy atom. The summed E-state index contributed by atoms with van der Waals surface area (Å²) in [5, 5.41) is 26.5. The standard InChI is InChI=1S/C51H57N9O6S2/c1-27-30(4)68-50-43(27)44(55-39(23-42(63)66-9)47-58-57-31(5)60(47)50)34-14-12-33(13-15-34)36-18-19-37(52-24-36)20-21-41(62)56-46(51(6,7)8)49(65)59-25-38(61)22-40(59)48(64)54-28(2)32-10-16-35(17-11-32)45-29(3)53-26-67-45/h10-19,24,26,28,38-40,46,61H,20-23,25H2,1-9H3,(H,54,64)(H,56,62)/t28-,38+,39-,40-,46+/m0/s1. The number of likely N-dealkylation sites (tertiary alicyclic amines) is 1. The number of hydrogen-bond acceptors (Lipinski definition) is 13. The van der Waals surface area contributed by atoms with Gasteiger partial charge >= 0.3 is 5.97 Å². The van der Waals surface area contributed by atoms with Gasteiger partial charge in [-0.25, -0.2) is 4.98 Å². The second-order valence-corrected chi connectivity index (χ2v) is 20.7. The molecule has 2 aromatic carbocycles. The van der Waals surface area contributed by atoms with E-state index in [2.05, 4.69) is 44.6 Å². The number of aliphatic hydroxyl groups excluding tert-OH is 1. The van der Waals surface area contributed by atoms with Gasteiger partial charge in [0.25, 0.3) is 0 Å². The maximum Gasteiger partial charge on any atom is 0.308 e. The van der Waals surface area contributed by atoms with Crippen molar-refractivity contribution in [1.29, 1.82) is 0 Å². The molecule has 0 radical (unpaired) electrons. The van der Waals surface area contributed by atoms with Crippen LogP contribution in [0.2, 0.25) is 0 Å². The highest BCUT2D eigenvalue weighted by atomic mass is 32.1. The number of aliphatic hydroxyl groups is 1. The van der Waals surface area contributed by atoms with E-state index in [1.54, 1.807) is 28.9 Å². The van der Waals surface area contributed by atoms with Crippen LogP contribution in [-0.4, -0.2) is 96.0 Å². The molecule has 6 heterocycles. The quantitative estimate of drug-likeness (QED) is 0.0976. The van der Waals surface area contributed by atoms with Crippen LogP contribution in [0.1, 0.15) is 109 Å². The van der Waals surface area contributed by atoms with Crippen molar-refractivity contribution in [3.05, 3.63) is 123 Å². The maximum absolute atomic E-state index is 14.3. The molecule has 6 aromatic rings. The van der Waals surface area contributed by atoms with Crippen LogP contribution in [-0.2, 0) is 30.3 Å². The van der Waals surface area contributed by atoms with Gasteiger partial charge in [0.05, 0.1) is 47.5 Å². The SMILES string of the molecule is COC(=O)C[C@@H]1N=C(c2ccc(-c3ccc(CCC(=O)N[C@H](C(=O)N4C[C@H](O)C[C@H]4C(=O)N[C@@H](C)c4ccc(-c5scnc5C)cc4)C(C)(C)C)nc3)cc2)c2c(sc(C)c2C)-n2c(C)nnc21. The Bertz CT molecular complexity index is 2880. The van der Waals surface area contributed by atoms with E-state index in [0.717, 1.165) is 65.1 Å². The molecule has 17 heteroatoms. The van der Waals surface area contributed by atoms with Crippen molar-refractivity contribution in [3.63, 3.8) is 0 Å². The summed E-state index contributed by atoms with van der Waals surface area (Å²) < 4.78 is 7.04. The molecule has 0 spiro atoms. The molecule has 1 saturated heterocycles. The molecule has 0 bridgehead atoms. The van der Waals surface area contributed by atoms with Crippen LogP contribution in [0, 0.1) is 33.1 Å². The van der Waals surface area contributed by atoms with Crippen molar-refractivity contribution in [1.82, 2.24) is 40.3 Å². The molecule has 354 valence electrons. The second kappa shape index (κ2) is 19.7. The first kappa shape index (κ1) is 48.0. The van der Waals surface area contributed by atoms with Gasteiger partial charge in [0.2, 0.25) is 17.7 Å². The lowest BCUT2D eigenvalue weighted by atomic mass is 9.85. The number of nitrogens with one attached hydrogen (secondary N) is 2. The summed E-state index contributed by atoms with van der Waals surface area (Å²) >= 11 is 3.22. The number of esters is 1. The zero-order chi connectivity index (χ0) is 48.6.